The maximum Gasteiger partial charge on any atom is 0.175 e. The Bertz CT molecular complexity index is 445. The number of halogens is 1. The summed E-state index contributed by atoms with van der Waals surface area (Å²) in [6.07, 6.45) is 0. The lowest BCUT2D eigenvalue weighted by Crippen LogP contribution is -1.88. The first kappa shape index (κ1) is 9.09. The number of nitrogen functional groups attached to an aromatic ring is 1. The van der Waals surface area contributed by atoms with Crippen LogP contribution in [0.1, 0.15) is 5.76 Å². The number of aromatic nitrogens is 1. The largest absolute Gasteiger partial charge is 0.380 e. The van der Waals surface area contributed by atoms with Gasteiger partial charge in [0, 0.05) is 5.02 Å². The molecule has 0 saturated carbocycles. The highest BCUT2D eigenvalue weighted by molar-refractivity contribution is 6.30. The molecule has 4 heteroatoms. The maximum absolute atomic E-state index is 5.87. The average molecular weight is 209 g/mol. The third-order valence-corrected chi connectivity index (χ3v) is 2.24. The number of benzene rings is 1. The molecule has 1 aromatic carbocycles. The van der Waals surface area contributed by atoms with E-state index in [1.807, 2.05) is 31.2 Å². The van der Waals surface area contributed by atoms with Gasteiger partial charge in [-0.1, -0.05) is 28.9 Å². The summed E-state index contributed by atoms with van der Waals surface area (Å²) in [6.45, 7) is 1.82. The zero-order valence-corrected chi connectivity index (χ0v) is 8.38. The van der Waals surface area contributed by atoms with E-state index in [0.717, 1.165) is 11.1 Å². The second-order valence-corrected chi connectivity index (χ2v) is 3.45. The summed E-state index contributed by atoms with van der Waals surface area (Å²) >= 11 is 5.87. The number of nitrogens with two attached hydrogens (primary N) is 1. The van der Waals surface area contributed by atoms with Crippen LogP contribution in [0, 0.1) is 6.92 Å². The second-order valence-electron chi connectivity index (χ2n) is 3.01. The van der Waals surface area contributed by atoms with E-state index in [-0.39, 0.29) is 0 Å². The highest BCUT2D eigenvalue weighted by Crippen LogP contribution is 2.30. The molecule has 1 aromatic heterocycles. The van der Waals surface area contributed by atoms with Crippen LogP contribution in [0.4, 0.5) is 5.82 Å². The predicted octanol–water partition coefficient (Wildman–Crippen LogP) is 2.89. The Labute approximate surface area is 86.5 Å². The molecule has 14 heavy (non-hydrogen) atoms. The number of aryl methyl sites for hydroxylation is 1. The molecular weight excluding hydrogens is 200 g/mol. The molecule has 0 aliphatic carbocycles. The fourth-order valence-electron chi connectivity index (χ4n) is 1.38. The van der Waals surface area contributed by atoms with Crippen LogP contribution in [0.5, 0.6) is 0 Å². The first-order valence-electron chi connectivity index (χ1n) is 4.16. The maximum atomic E-state index is 5.87. The number of hydrogen-bond donors (Lipinski definition) is 1. The van der Waals surface area contributed by atoms with Gasteiger partial charge in [-0.05, 0) is 24.6 Å². The van der Waals surface area contributed by atoms with E-state index in [0.29, 0.717) is 16.6 Å². The van der Waals surface area contributed by atoms with Gasteiger partial charge in [0.2, 0.25) is 0 Å². The van der Waals surface area contributed by atoms with Crippen molar-refractivity contribution >= 4 is 17.4 Å². The highest BCUT2D eigenvalue weighted by atomic mass is 35.5. The molecule has 2 aromatic rings. The van der Waals surface area contributed by atoms with E-state index >= 15 is 0 Å². The summed E-state index contributed by atoms with van der Waals surface area (Å²) < 4.78 is 4.97. The van der Waals surface area contributed by atoms with Crippen molar-refractivity contribution in [1.29, 1.82) is 0 Å². The van der Waals surface area contributed by atoms with Crippen LogP contribution in [0.3, 0.4) is 0 Å². The first-order valence-corrected chi connectivity index (χ1v) is 4.54. The average Bonchev–Trinajstić information content (AvgIpc) is 2.46. The zero-order valence-electron chi connectivity index (χ0n) is 7.62. The van der Waals surface area contributed by atoms with Crippen molar-refractivity contribution in [3.8, 4) is 11.1 Å². The summed E-state index contributed by atoms with van der Waals surface area (Å²) in [5.41, 5.74) is 7.41. The van der Waals surface area contributed by atoms with E-state index in [1.54, 1.807) is 0 Å². The Balaban J connectivity index is 2.59. The van der Waals surface area contributed by atoms with Crippen molar-refractivity contribution in [1.82, 2.24) is 5.16 Å². The van der Waals surface area contributed by atoms with Crippen molar-refractivity contribution < 1.29 is 4.52 Å². The van der Waals surface area contributed by atoms with Crippen LogP contribution in [0.2, 0.25) is 5.02 Å². The third-order valence-electron chi connectivity index (χ3n) is 2.00. The Morgan fingerprint density at radius 1 is 1.43 bits per heavy atom. The van der Waals surface area contributed by atoms with Crippen molar-refractivity contribution in [3.05, 3.63) is 35.0 Å². The standard InChI is InChI=1S/C10H9ClN2O/c1-6-9(10(12)13-14-6)7-3-2-4-8(11)5-7/h2-5H,1H3,(H2,12,13). The lowest BCUT2D eigenvalue weighted by Gasteiger charge is -1.99. The molecule has 0 atom stereocenters. The zero-order chi connectivity index (χ0) is 10.1. The van der Waals surface area contributed by atoms with Gasteiger partial charge in [-0.3, -0.25) is 0 Å². The number of anilines is 1. The highest BCUT2D eigenvalue weighted by Gasteiger charge is 2.11. The van der Waals surface area contributed by atoms with Gasteiger partial charge >= 0.3 is 0 Å². The van der Waals surface area contributed by atoms with Crippen LogP contribution in [-0.4, -0.2) is 5.16 Å². The monoisotopic (exact) mass is 208 g/mol. The number of hydrogen-bond acceptors (Lipinski definition) is 3. The molecule has 0 fully saturated rings. The number of rotatable bonds is 1. The predicted molar refractivity (Wildman–Crippen MR) is 56.1 cm³/mol. The van der Waals surface area contributed by atoms with E-state index < -0.39 is 0 Å². The fraction of sp³-hybridized carbons (Fsp3) is 0.100. The fourth-order valence-corrected chi connectivity index (χ4v) is 1.57. The lowest BCUT2D eigenvalue weighted by molar-refractivity contribution is 0.401. The molecule has 2 N–H and O–H groups in total. The minimum Gasteiger partial charge on any atom is -0.380 e. The van der Waals surface area contributed by atoms with Crippen LogP contribution in [0.15, 0.2) is 28.8 Å². The molecule has 0 saturated heterocycles. The molecule has 0 spiro atoms. The molecule has 3 nitrogen and oxygen atoms in total. The van der Waals surface area contributed by atoms with Crippen molar-refractivity contribution in [2.75, 3.05) is 5.73 Å². The van der Waals surface area contributed by atoms with E-state index in [9.17, 15) is 0 Å². The van der Waals surface area contributed by atoms with Crippen molar-refractivity contribution in [3.63, 3.8) is 0 Å². The van der Waals surface area contributed by atoms with E-state index in [1.165, 1.54) is 0 Å². The Morgan fingerprint density at radius 2 is 2.21 bits per heavy atom. The molecule has 0 aliphatic rings. The first-order chi connectivity index (χ1) is 6.68. The van der Waals surface area contributed by atoms with Gasteiger partial charge in [0.1, 0.15) is 5.76 Å². The van der Waals surface area contributed by atoms with Crippen molar-refractivity contribution in [2.24, 2.45) is 0 Å². The van der Waals surface area contributed by atoms with Gasteiger partial charge in [0.15, 0.2) is 5.82 Å². The summed E-state index contributed by atoms with van der Waals surface area (Å²) in [5.74, 6) is 1.09. The van der Waals surface area contributed by atoms with Crippen LogP contribution in [-0.2, 0) is 0 Å². The molecule has 1 heterocycles. The second kappa shape index (κ2) is 3.35. The van der Waals surface area contributed by atoms with Gasteiger partial charge in [-0.25, -0.2) is 0 Å². The SMILES string of the molecule is Cc1onc(N)c1-c1cccc(Cl)c1. The third kappa shape index (κ3) is 1.46. The summed E-state index contributed by atoms with van der Waals surface area (Å²) in [4.78, 5) is 0. The molecule has 0 bridgehead atoms. The quantitative estimate of drug-likeness (QED) is 0.784. The lowest BCUT2D eigenvalue weighted by atomic mass is 10.1. The summed E-state index contributed by atoms with van der Waals surface area (Å²) in [5, 5.41) is 4.35. The minimum absolute atomic E-state index is 0.393. The van der Waals surface area contributed by atoms with Crippen LogP contribution >= 0.6 is 11.6 Å². The van der Waals surface area contributed by atoms with Gasteiger partial charge in [0.25, 0.3) is 0 Å². The topological polar surface area (TPSA) is 52.0 Å². The Kier molecular flexibility index (Phi) is 2.17. The summed E-state index contributed by atoms with van der Waals surface area (Å²) in [7, 11) is 0. The van der Waals surface area contributed by atoms with Crippen LogP contribution < -0.4 is 5.73 Å². The van der Waals surface area contributed by atoms with E-state index in [2.05, 4.69) is 5.16 Å². The van der Waals surface area contributed by atoms with Crippen molar-refractivity contribution in [2.45, 2.75) is 6.92 Å². The molecule has 72 valence electrons. The molecule has 2 rings (SSSR count). The van der Waals surface area contributed by atoms with Crippen LogP contribution in [0.25, 0.3) is 11.1 Å². The van der Waals surface area contributed by atoms with Gasteiger partial charge in [0.05, 0.1) is 5.56 Å². The minimum atomic E-state index is 0.393. The molecule has 0 unspecified atom stereocenters. The smallest absolute Gasteiger partial charge is 0.175 e. The normalized spacial score (nSPS) is 10.4. The Morgan fingerprint density at radius 3 is 2.79 bits per heavy atom. The molecular formula is C10H9ClN2O. The molecule has 0 amide bonds. The van der Waals surface area contributed by atoms with E-state index in [4.69, 9.17) is 21.9 Å². The van der Waals surface area contributed by atoms with Gasteiger partial charge < -0.3 is 10.3 Å². The number of nitrogens with zero attached hydrogens (tertiary/aromatic N) is 1. The van der Waals surface area contributed by atoms with Gasteiger partial charge in [-0.2, -0.15) is 0 Å². The molecule has 0 radical (unpaired) electrons. The Hall–Kier alpha value is -1.48. The molecule has 0 aliphatic heterocycles. The summed E-state index contributed by atoms with van der Waals surface area (Å²) in [6, 6.07) is 7.42. The van der Waals surface area contributed by atoms with Gasteiger partial charge in [-0.15, -0.1) is 0 Å².